The van der Waals surface area contributed by atoms with Crippen LogP contribution in [0.5, 0.6) is 0 Å². The number of aromatic nitrogens is 2. The van der Waals surface area contributed by atoms with Crippen molar-refractivity contribution >= 4 is 29.3 Å². The van der Waals surface area contributed by atoms with Crippen molar-refractivity contribution < 1.29 is 9.32 Å². The topological polar surface area (TPSA) is 83.9 Å². The first-order valence-corrected chi connectivity index (χ1v) is 8.59. The average Bonchev–Trinajstić information content (AvgIpc) is 3.17. The largest absolute Gasteiger partial charge is 0.360 e. The highest BCUT2D eigenvalue weighted by molar-refractivity contribution is 6.34. The van der Waals surface area contributed by atoms with Gasteiger partial charge < -0.3 is 9.84 Å². The van der Waals surface area contributed by atoms with E-state index in [2.05, 4.69) is 10.5 Å². The van der Waals surface area contributed by atoms with Crippen molar-refractivity contribution in [3.63, 3.8) is 0 Å². The highest BCUT2D eigenvalue weighted by Gasteiger charge is 2.16. The van der Waals surface area contributed by atoms with Gasteiger partial charge >= 0.3 is 0 Å². The SMILES string of the molecule is Cc1cc(-n2c(C)cc(/C=C(\C#N)C(=O)Nc3ccccc3Cl)c2C)no1. The van der Waals surface area contributed by atoms with E-state index in [9.17, 15) is 10.1 Å². The second-order valence-electron chi connectivity index (χ2n) is 6.06. The molecule has 3 rings (SSSR count). The summed E-state index contributed by atoms with van der Waals surface area (Å²) < 4.78 is 7.05. The normalized spacial score (nSPS) is 11.3. The Balaban J connectivity index is 1.94. The van der Waals surface area contributed by atoms with Gasteiger partial charge in [-0.1, -0.05) is 28.9 Å². The molecule has 0 atom stereocenters. The molecular weight excluding hydrogens is 364 g/mol. The molecule has 0 saturated heterocycles. The van der Waals surface area contributed by atoms with Crippen molar-refractivity contribution in [2.75, 3.05) is 5.32 Å². The molecule has 1 N–H and O–H groups in total. The number of nitrogens with zero attached hydrogens (tertiary/aromatic N) is 3. The predicted octanol–water partition coefficient (Wildman–Crippen LogP) is 4.59. The molecule has 2 aromatic heterocycles. The van der Waals surface area contributed by atoms with Gasteiger partial charge in [-0.25, -0.2) is 0 Å². The summed E-state index contributed by atoms with van der Waals surface area (Å²) in [4.78, 5) is 12.5. The maximum Gasteiger partial charge on any atom is 0.266 e. The molecule has 0 saturated carbocycles. The molecule has 0 radical (unpaired) electrons. The Morgan fingerprint density at radius 3 is 2.67 bits per heavy atom. The van der Waals surface area contributed by atoms with Gasteiger partial charge in [0.1, 0.15) is 17.4 Å². The Morgan fingerprint density at radius 2 is 2.04 bits per heavy atom. The van der Waals surface area contributed by atoms with Crippen LogP contribution >= 0.6 is 11.6 Å². The molecule has 6 nitrogen and oxygen atoms in total. The third-order valence-corrected chi connectivity index (χ3v) is 4.43. The van der Waals surface area contributed by atoms with Gasteiger partial charge in [0.05, 0.1) is 10.7 Å². The molecule has 0 unspecified atom stereocenters. The van der Waals surface area contributed by atoms with Crippen LogP contribution in [0.3, 0.4) is 0 Å². The molecule has 3 aromatic rings. The van der Waals surface area contributed by atoms with Crippen LogP contribution in [-0.2, 0) is 4.79 Å². The maximum atomic E-state index is 12.5. The van der Waals surface area contributed by atoms with E-state index in [-0.39, 0.29) is 5.57 Å². The van der Waals surface area contributed by atoms with Crippen LogP contribution in [0.25, 0.3) is 11.9 Å². The Bertz CT molecular complexity index is 1090. The molecule has 2 heterocycles. The van der Waals surface area contributed by atoms with E-state index in [1.807, 2.05) is 43.5 Å². The first-order valence-electron chi connectivity index (χ1n) is 8.21. The number of carbonyl (C=O) groups is 1. The zero-order chi connectivity index (χ0) is 19.6. The first kappa shape index (κ1) is 18.5. The maximum absolute atomic E-state index is 12.5. The van der Waals surface area contributed by atoms with Gasteiger partial charge in [-0.15, -0.1) is 0 Å². The van der Waals surface area contributed by atoms with Crippen molar-refractivity contribution in [2.24, 2.45) is 0 Å². The highest BCUT2D eigenvalue weighted by Crippen LogP contribution is 2.24. The average molecular weight is 381 g/mol. The fraction of sp³-hybridized carbons (Fsp3) is 0.150. The van der Waals surface area contributed by atoms with Crippen LogP contribution in [0, 0.1) is 32.1 Å². The quantitative estimate of drug-likeness (QED) is 0.530. The van der Waals surface area contributed by atoms with Gasteiger partial charge in [-0.05, 0) is 50.6 Å². The predicted molar refractivity (Wildman–Crippen MR) is 104 cm³/mol. The fourth-order valence-electron chi connectivity index (χ4n) is 2.80. The number of aryl methyl sites for hydroxylation is 2. The molecule has 1 amide bonds. The molecule has 0 bridgehead atoms. The van der Waals surface area contributed by atoms with Gasteiger partial charge in [0, 0.05) is 17.5 Å². The van der Waals surface area contributed by atoms with E-state index in [1.54, 1.807) is 30.3 Å². The zero-order valence-electron chi connectivity index (χ0n) is 15.1. The number of nitrogens with one attached hydrogen (secondary N) is 1. The van der Waals surface area contributed by atoms with Crippen LogP contribution in [0.1, 0.15) is 22.7 Å². The summed E-state index contributed by atoms with van der Waals surface area (Å²) in [6, 6.07) is 12.5. The monoisotopic (exact) mass is 380 g/mol. The minimum Gasteiger partial charge on any atom is -0.360 e. The van der Waals surface area contributed by atoms with Crippen molar-refractivity contribution in [1.29, 1.82) is 5.26 Å². The molecule has 27 heavy (non-hydrogen) atoms. The van der Waals surface area contributed by atoms with Crippen LogP contribution in [0.2, 0.25) is 5.02 Å². The number of nitriles is 1. The summed E-state index contributed by atoms with van der Waals surface area (Å²) in [5, 5.41) is 16.5. The van der Waals surface area contributed by atoms with E-state index < -0.39 is 5.91 Å². The third kappa shape index (κ3) is 3.78. The van der Waals surface area contributed by atoms with Gasteiger partial charge in [0.15, 0.2) is 5.82 Å². The first-order chi connectivity index (χ1) is 12.9. The van der Waals surface area contributed by atoms with Crippen LogP contribution in [0.15, 0.2) is 46.5 Å². The number of benzene rings is 1. The van der Waals surface area contributed by atoms with Gasteiger partial charge in [0.25, 0.3) is 5.91 Å². The summed E-state index contributed by atoms with van der Waals surface area (Å²) in [7, 11) is 0. The lowest BCUT2D eigenvalue weighted by Crippen LogP contribution is -2.13. The van der Waals surface area contributed by atoms with E-state index in [1.165, 1.54) is 0 Å². The number of anilines is 1. The van der Waals surface area contributed by atoms with Crippen LogP contribution < -0.4 is 5.32 Å². The number of para-hydroxylation sites is 1. The second kappa shape index (κ2) is 7.52. The Labute approximate surface area is 161 Å². The van der Waals surface area contributed by atoms with Crippen molar-refractivity contribution in [3.05, 3.63) is 69.7 Å². The number of hydrogen-bond donors (Lipinski definition) is 1. The van der Waals surface area contributed by atoms with Crippen molar-refractivity contribution in [1.82, 2.24) is 9.72 Å². The molecular formula is C20H17ClN4O2. The van der Waals surface area contributed by atoms with E-state index in [0.29, 0.717) is 22.3 Å². The molecule has 0 aliphatic heterocycles. The Hall–Kier alpha value is -3.30. The van der Waals surface area contributed by atoms with E-state index in [4.69, 9.17) is 16.1 Å². The lowest BCUT2D eigenvalue weighted by molar-refractivity contribution is -0.112. The molecule has 1 aromatic carbocycles. The molecule has 0 spiro atoms. The standard InChI is InChI=1S/C20H17ClN4O2/c1-12-8-15(14(3)25(12)19-9-13(2)27-24-19)10-16(11-22)20(26)23-18-7-5-4-6-17(18)21/h4-10H,1-3H3,(H,23,26)/b16-10+. The summed E-state index contributed by atoms with van der Waals surface area (Å²) in [6.45, 7) is 5.63. The number of halogens is 1. The molecule has 0 fully saturated rings. The van der Waals surface area contributed by atoms with E-state index >= 15 is 0 Å². The zero-order valence-corrected chi connectivity index (χ0v) is 15.8. The second-order valence-corrected chi connectivity index (χ2v) is 6.47. The number of amides is 1. The molecule has 0 aliphatic carbocycles. The molecule has 136 valence electrons. The lowest BCUT2D eigenvalue weighted by Gasteiger charge is -2.06. The van der Waals surface area contributed by atoms with Crippen molar-refractivity contribution in [3.8, 4) is 11.9 Å². The van der Waals surface area contributed by atoms with Gasteiger partial charge in [-0.2, -0.15) is 5.26 Å². The Morgan fingerprint density at radius 1 is 1.30 bits per heavy atom. The highest BCUT2D eigenvalue weighted by atomic mass is 35.5. The minimum absolute atomic E-state index is 0.0218. The smallest absolute Gasteiger partial charge is 0.266 e. The van der Waals surface area contributed by atoms with Crippen LogP contribution in [0.4, 0.5) is 5.69 Å². The fourth-order valence-corrected chi connectivity index (χ4v) is 2.98. The molecule has 0 aliphatic rings. The minimum atomic E-state index is -0.521. The third-order valence-electron chi connectivity index (χ3n) is 4.10. The van der Waals surface area contributed by atoms with E-state index in [0.717, 1.165) is 17.0 Å². The summed E-state index contributed by atoms with van der Waals surface area (Å²) in [5.41, 5.74) is 2.94. The summed E-state index contributed by atoms with van der Waals surface area (Å²) in [6.07, 6.45) is 1.55. The number of rotatable bonds is 4. The van der Waals surface area contributed by atoms with Crippen LogP contribution in [-0.4, -0.2) is 15.6 Å². The Kier molecular flexibility index (Phi) is 5.15. The lowest BCUT2D eigenvalue weighted by atomic mass is 10.1. The van der Waals surface area contributed by atoms with Gasteiger partial charge in [0.2, 0.25) is 0 Å². The molecule has 7 heteroatoms. The van der Waals surface area contributed by atoms with Gasteiger partial charge in [-0.3, -0.25) is 9.36 Å². The summed E-state index contributed by atoms with van der Waals surface area (Å²) in [5.74, 6) is 0.834. The van der Waals surface area contributed by atoms with Crippen molar-refractivity contribution in [2.45, 2.75) is 20.8 Å². The number of hydrogen-bond acceptors (Lipinski definition) is 4. The number of carbonyl (C=O) groups excluding carboxylic acids is 1. The summed E-state index contributed by atoms with van der Waals surface area (Å²) >= 11 is 6.06.